The van der Waals surface area contributed by atoms with Gasteiger partial charge in [0.15, 0.2) is 11.6 Å². The molecule has 0 atom stereocenters. The molecule has 0 unspecified atom stereocenters. The van der Waals surface area contributed by atoms with Gasteiger partial charge in [0.05, 0.1) is 11.1 Å². The van der Waals surface area contributed by atoms with Crippen LogP contribution in [-0.2, 0) is 5.54 Å². The zero-order chi connectivity index (χ0) is 20.0. The van der Waals surface area contributed by atoms with Crippen molar-refractivity contribution in [3.8, 4) is 11.4 Å². The van der Waals surface area contributed by atoms with Crippen LogP contribution in [0.4, 0.5) is 5.69 Å². The second-order valence-electron chi connectivity index (χ2n) is 6.84. The Hall–Kier alpha value is -3.22. The van der Waals surface area contributed by atoms with Gasteiger partial charge in [0, 0.05) is 23.6 Å². The normalized spacial score (nSPS) is 11.4. The summed E-state index contributed by atoms with van der Waals surface area (Å²) >= 11 is 0. The molecule has 0 aliphatic rings. The molecule has 0 fully saturated rings. The number of benzene rings is 1. The SMILES string of the molecule is CCCC(CCC)(Nc1cccc(C(=O)O)c1)c1nc(-c2ccncc2)n[nH]1. The Morgan fingerprint density at radius 1 is 1.14 bits per heavy atom. The molecule has 3 aromatic rings. The lowest BCUT2D eigenvalue weighted by Crippen LogP contribution is -2.36. The summed E-state index contributed by atoms with van der Waals surface area (Å²) in [5.74, 6) is 0.429. The summed E-state index contributed by atoms with van der Waals surface area (Å²) in [5, 5.41) is 20.4. The van der Waals surface area contributed by atoms with Gasteiger partial charge >= 0.3 is 5.97 Å². The Morgan fingerprint density at radius 2 is 1.86 bits per heavy atom. The minimum absolute atomic E-state index is 0.252. The molecule has 0 bridgehead atoms. The van der Waals surface area contributed by atoms with Crippen LogP contribution in [0.5, 0.6) is 0 Å². The molecule has 28 heavy (non-hydrogen) atoms. The number of nitrogens with one attached hydrogen (secondary N) is 2. The monoisotopic (exact) mass is 379 g/mol. The first-order valence-corrected chi connectivity index (χ1v) is 9.53. The lowest BCUT2D eigenvalue weighted by atomic mass is 9.87. The van der Waals surface area contributed by atoms with Gasteiger partial charge in [0.2, 0.25) is 0 Å². The molecule has 7 nitrogen and oxygen atoms in total. The number of nitrogens with zero attached hydrogens (tertiary/aromatic N) is 3. The predicted molar refractivity (Wildman–Crippen MR) is 108 cm³/mol. The van der Waals surface area contributed by atoms with Gasteiger partial charge in [-0.3, -0.25) is 10.1 Å². The lowest BCUT2D eigenvalue weighted by molar-refractivity contribution is 0.0697. The predicted octanol–water partition coefficient (Wildman–Crippen LogP) is 4.47. The second-order valence-corrected chi connectivity index (χ2v) is 6.84. The van der Waals surface area contributed by atoms with E-state index in [0.717, 1.165) is 42.8 Å². The summed E-state index contributed by atoms with van der Waals surface area (Å²) in [4.78, 5) is 20.1. The van der Waals surface area contributed by atoms with Crippen LogP contribution in [0.15, 0.2) is 48.8 Å². The van der Waals surface area contributed by atoms with Crippen LogP contribution in [0.3, 0.4) is 0 Å². The molecular weight excluding hydrogens is 354 g/mol. The molecule has 2 heterocycles. The highest BCUT2D eigenvalue weighted by Crippen LogP contribution is 2.34. The van der Waals surface area contributed by atoms with Gasteiger partial charge in [0.25, 0.3) is 0 Å². The fourth-order valence-electron chi connectivity index (χ4n) is 3.51. The smallest absolute Gasteiger partial charge is 0.335 e. The maximum atomic E-state index is 11.3. The Bertz CT molecular complexity index is 917. The van der Waals surface area contributed by atoms with Crippen LogP contribution in [0.2, 0.25) is 0 Å². The first-order chi connectivity index (χ1) is 13.6. The molecule has 0 amide bonds. The van der Waals surface area contributed by atoms with E-state index in [2.05, 4.69) is 34.3 Å². The quantitative estimate of drug-likeness (QED) is 0.507. The van der Waals surface area contributed by atoms with Crippen molar-refractivity contribution in [1.29, 1.82) is 0 Å². The average Bonchev–Trinajstić information content (AvgIpc) is 3.20. The number of rotatable bonds is 9. The number of aromatic amines is 1. The van der Waals surface area contributed by atoms with Crippen molar-refractivity contribution in [3.63, 3.8) is 0 Å². The van der Waals surface area contributed by atoms with Crippen molar-refractivity contribution in [1.82, 2.24) is 20.2 Å². The number of hydrogen-bond donors (Lipinski definition) is 3. The van der Waals surface area contributed by atoms with Gasteiger partial charge in [-0.15, -0.1) is 0 Å². The van der Waals surface area contributed by atoms with E-state index in [1.165, 1.54) is 0 Å². The van der Waals surface area contributed by atoms with Crippen LogP contribution in [0.25, 0.3) is 11.4 Å². The average molecular weight is 379 g/mol. The molecule has 146 valence electrons. The minimum atomic E-state index is -0.945. The van der Waals surface area contributed by atoms with Gasteiger partial charge in [0.1, 0.15) is 0 Å². The first kappa shape index (κ1) is 19.5. The maximum Gasteiger partial charge on any atom is 0.335 e. The molecule has 1 aromatic carbocycles. The molecule has 0 spiro atoms. The zero-order valence-corrected chi connectivity index (χ0v) is 16.1. The van der Waals surface area contributed by atoms with Crippen molar-refractivity contribution < 1.29 is 9.90 Å². The number of carboxylic acids is 1. The largest absolute Gasteiger partial charge is 0.478 e. The molecule has 3 rings (SSSR count). The summed E-state index contributed by atoms with van der Waals surface area (Å²) in [7, 11) is 0. The number of H-pyrrole nitrogens is 1. The van der Waals surface area contributed by atoms with E-state index in [1.54, 1.807) is 30.6 Å². The number of carbonyl (C=O) groups is 1. The van der Waals surface area contributed by atoms with Crippen molar-refractivity contribution in [2.24, 2.45) is 0 Å². The third-order valence-electron chi connectivity index (χ3n) is 4.72. The van der Waals surface area contributed by atoms with Crippen molar-refractivity contribution in [2.45, 2.75) is 45.1 Å². The van der Waals surface area contributed by atoms with Crippen molar-refractivity contribution >= 4 is 11.7 Å². The summed E-state index contributed by atoms with van der Waals surface area (Å²) in [6.07, 6.45) is 6.98. The topological polar surface area (TPSA) is 104 Å². The van der Waals surface area contributed by atoms with Crippen molar-refractivity contribution in [2.75, 3.05) is 5.32 Å². The van der Waals surface area contributed by atoms with E-state index in [0.29, 0.717) is 5.82 Å². The summed E-state index contributed by atoms with van der Waals surface area (Å²) < 4.78 is 0. The maximum absolute atomic E-state index is 11.3. The van der Waals surface area contributed by atoms with Crippen LogP contribution < -0.4 is 5.32 Å². The minimum Gasteiger partial charge on any atom is -0.478 e. The first-order valence-electron chi connectivity index (χ1n) is 9.53. The standard InChI is InChI=1S/C21H25N5O2/c1-3-10-21(11-4-2,24-17-7-5-6-16(14-17)19(27)28)20-23-18(25-26-20)15-8-12-22-13-9-15/h5-9,12-14,24H,3-4,10-11H2,1-2H3,(H,27,28)(H,23,25,26). The molecule has 0 aliphatic heterocycles. The van der Waals surface area contributed by atoms with Crippen LogP contribution in [0.1, 0.15) is 55.7 Å². The fraction of sp³-hybridized carbons (Fsp3) is 0.333. The number of anilines is 1. The summed E-state index contributed by atoms with van der Waals surface area (Å²) in [6, 6.07) is 10.6. The van der Waals surface area contributed by atoms with Gasteiger partial charge in [-0.25, -0.2) is 9.78 Å². The molecule has 7 heteroatoms. The van der Waals surface area contributed by atoms with Gasteiger partial charge < -0.3 is 10.4 Å². The van der Waals surface area contributed by atoms with E-state index in [1.807, 2.05) is 18.2 Å². The third-order valence-corrected chi connectivity index (χ3v) is 4.72. The Morgan fingerprint density at radius 3 is 2.50 bits per heavy atom. The van der Waals surface area contributed by atoms with E-state index in [4.69, 9.17) is 4.98 Å². The third kappa shape index (κ3) is 4.19. The Kier molecular flexibility index (Phi) is 6.03. The van der Waals surface area contributed by atoms with E-state index < -0.39 is 11.5 Å². The highest BCUT2D eigenvalue weighted by Gasteiger charge is 2.34. The molecular formula is C21H25N5O2. The highest BCUT2D eigenvalue weighted by atomic mass is 16.4. The fourth-order valence-corrected chi connectivity index (χ4v) is 3.51. The van der Waals surface area contributed by atoms with Crippen LogP contribution >= 0.6 is 0 Å². The molecule has 0 radical (unpaired) electrons. The Labute approximate surface area is 164 Å². The lowest BCUT2D eigenvalue weighted by Gasteiger charge is -2.33. The van der Waals surface area contributed by atoms with Crippen LogP contribution in [0, 0.1) is 0 Å². The zero-order valence-electron chi connectivity index (χ0n) is 16.1. The van der Waals surface area contributed by atoms with Crippen LogP contribution in [-0.4, -0.2) is 31.2 Å². The second kappa shape index (κ2) is 8.65. The van der Waals surface area contributed by atoms with Gasteiger partial charge in [-0.1, -0.05) is 32.8 Å². The van der Waals surface area contributed by atoms with E-state index in [9.17, 15) is 9.90 Å². The number of aromatic carboxylic acids is 1. The number of aromatic nitrogens is 4. The molecule has 0 saturated heterocycles. The number of pyridine rings is 1. The molecule has 2 aromatic heterocycles. The number of carboxylic acid groups (broad SMARTS) is 1. The molecule has 0 aliphatic carbocycles. The van der Waals surface area contributed by atoms with Crippen molar-refractivity contribution in [3.05, 3.63) is 60.2 Å². The van der Waals surface area contributed by atoms with Gasteiger partial charge in [-0.2, -0.15) is 5.10 Å². The molecule has 0 saturated carbocycles. The summed E-state index contributed by atoms with van der Waals surface area (Å²) in [5.41, 5.74) is 1.44. The highest BCUT2D eigenvalue weighted by molar-refractivity contribution is 5.88. The number of hydrogen-bond acceptors (Lipinski definition) is 5. The van der Waals surface area contributed by atoms with E-state index in [-0.39, 0.29) is 5.56 Å². The summed E-state index contributed by atoms with van der Waals surface area (Å²) in [6.45, 7) is 4.25. The van der Waals surface area contributed by atoms with Gasteiger partial charge in [-0.05, 0) is 43.2 Å². The van der Waals surface area contributed by atoms with E-state index >= 15 is 0 Å². The molecule has 3 N–H and O–H groups in total. The Balaban J connectivity index is 1.99.